The van der Waals surface area contributed by atoms with Crippen molar-refractivity contribution in [3.63, 3.8) is 0 Å². The number of hydrazone groups is 1. The number of nitrogens with one attached hydrogen (secondary N) is 2. The molecular weight excluding hydrogens is 372 g/mol. The van der Waals surface area contributed by atoms with Crippen LogP contribution >= 0.6 is 0 Å². The van der Waals surface area contributed by atoms with Gasteiger partial charge < -0.3 is 9.47 Å². The summed E-state index contributed by atoms with van der Waals surface area (Å²) in [5.41, 5.74) is 4.70. The van der Waals surface area contributed by atoms with Crippen LogP contribution in [0.3, 0.4) is 0 Å². The third-order valence-corrected chi connectivity index (χ3v) is 4.33. The van der Waals surface area contributed by atoms with Crippen molar-refractivity contribution in [3.05, 3.63) is 75.7 Å². The molecule has 0 atom stereocenters. The van der Waals surface area contributed by atoms with E-state index in [4.69, 9.17) is 9.47 Å². The predicted molar refractivity (Wildman–Crippen MR) is 110 cm³/mol. The normalized spacial score (nSPS) is 10.9. The second-order valence-corrected chi connectivity index (χ2v) is 6.29. The molecule has 0 radical (unpaired) electrons. The Bertz CT molecular complexity index is 1080. The zero-order valence-corrected chi connectivity index (χ0v) is 16.4. The summed E-state index contributed by atoms with van der Waals surface area (Å²) in [4.78, 5) is 24.8. The molecule has 150 valence electrons. The fraction of sp³-hybridized carbons (Fsp3) is 0.190. The minimum Gasteiger partial charge on any atom is -0.493 e. The fourth-order valence-corrected chi connectivity index (χ4v) is 2.85. The number of para-hydroxylation sites is 1. The average Bonchev–Trinajstić information content (AvgIpc) is 3.02. The lowest BCUT2D eigenvalue weighted by molar-refractivity contribution is -0.120. The first-order valence-corrected chi connectivity index (χ1v) is 8.93. The van der Waals surface area contributed by atoms with Crippen LogP contribution in [-0.2, 0) is 11.2 Å². The van der Waals surface area contributed by atoms with Crippen LogP contribution < -0.4 is 20.5 Å². The summed E-state index contributed by atoms with van der Waals surface area (Å²) in [7, 11) is 3.08. The molecule has 1 aromatic heterocycles. The number of rotatable bonds is 7. The lowest BCUT2D eigenvalue weighted by Gasteiger charge is -2.09. The number of hydrogen-bond acceptors (Lipinski definition) is 5. The van der Waals surface area contributed by atoms with Gasteiger partial charge in [0, 0.05) is 5.69 Å². The first-order valence-electron chi connectivity index (χ1n) is 8.93. The molecule has 0 fully saturated rings. The van der Waals surface area contributed by atoms with Gasteiger partial charge in [0.1, 0.15) is 0 Å². The summed E-state index contributed by atoms with van der Waals surface area (Å²) in [6, 6.07) is 14.5. The van der Waals surface area contributed by atoms with E-state index in [9.17, 15) is 9.59 Å². The molecule has 0 unspecified atom stereocenters. The van der Waals surface area contributed by atoms with Gasteiger partial charge in [-0.1, -0.05) is 24.3 Å². The summed E-state index contributed by atoms with van der Waals surface area (Å²) in [6.45, 7) is 1.77. The number of ether oxygens (including phenoxy) is 2. The highest BCUT2D eigenvalue weighted by atomic mass is 16.5. The van der Waals surface area contributed by atoms with E-state index in [1.54, 1.807) is 32.2 Å². The molecule has 0 bridgehead atoms. The molecule has 0 aliphatic carbocycles. The molecular formula is C21H22N4O4. The van der Waals surface area contributed by atoms with E-state index in [2.05, 4.69) is 15.6 Å². The minimum atomic E-state index is -0.315. The van der Waals surface area contributed by atoms with E-state index in [1.807, 2.05) is 30.3 Å². The topological polar surface area (TPSA) is 97.7 Å². The molecule has 8 nitrogen and oxygen atoms in total. The third-order valence-electron chi connectivity index (χ3n) is 4.33. The molecule has 1 heterocycles. The Labute approximate surface area is 167 Å². The van der Waals surface area contributed by atoms with Gasteiger partial charge in [-0.3, -0.25) is 14.7 Å². The van der Waals surface area contributed by atoms with Crippen molar-refractivity contribution in [2.24, 2.45) is 5.10 Å². The van der Waals surface area contributed by atoms with Crippen LogP contribution in [0, 0.1) is 6.92 Å². The number of aryl methyl sites for hydroxylation is 1. The zero-order valence-electron chi connectivity index (χ0n) is 16.4. The van der Waals surface area contributed by atoms with Gasteiger partial charge in [-0.15, -0.1) is 0 Å². The van der Waals surface area contributed by atoms with Crippen LogP contribution in [0.15, 0.2) is 58.4 Å². The molecule has 1 amide bonds. The zero-order chi connectivity index (χ0) is 20.8. The fourth-order valence-electron chi connectivity index (χ4n) is 2.85. The van der Waals surface area contributed by atoms with E-state index >= 15 is 0 Å². The first-order chi connectivity index (χ1) is 14.0. The number of hydrogen-bond donors (Lipinski definition) is 2. The maximum absolute atomic E-state index is 12.6. The Morgan fingerprint density at radius 3 is 2.55 bits per heavy atom. The highest BCUT2D eigenvalue weighted by molar-refractivity contribution is 5.84. The summed E-state index contributed by atoms with van der Waals surface area (Å²) in [6.07, 6.45) is 1.46. The van der Waals surface area contributed by atoms with Crippen LogP contribution in [0.1, 0.15) is 16.8 Å². The Morgan fingerprint density at radius 1 is 1.14 bits per heavy atom. The van der Waals surface area contributed by atoms with E-state index < -0.39 is 0 Å². The van der Waals surface area contributed by atoms with Crippen LogP contribution in [0.4, 0.5) is 0 Å². The molecule has 0 aliphatic heterocycles. The highest BCUT2D eigenvalue weighted by Crippen LogP contribution is 2.27. The largest absolute Gasteiger partial charge is 0.493 e. The van der Waals surface area contributed by atoms with Gasteiger partial charge in [-0.05, 0) is 36.8 Å². The number of amides is 1. The standard InChI is InChI=1S/C21H22N4O4/c1-14-17(21(27)25(24-14)16-7-5-4-6-8-16)13-22-23-20(26)12-15-9-10-18(28-2)19(11-15)29-3/h4-11,13,24H,12H2,1-3H3,(H,23,26). The molecule has 0 aliphatic rings. The molecule has 0 saturated heterocycles. The molecule has 3 aromatic rings. The van der Waals surface area contributed by atoms with Gasteiger partial charge in [0.15, 0.2) is 11.5 Å². The van der Waals surface area contributed by atoms with Gasteiger partial charge in [-0.25, -0.2) is 10.1 Å². The number of aromatic nitrogens is 2. The molecule has 2 aromatic carbocycles. The number of carbonyl (C=O) groups is 1. The molecule has 29 heavy (non-hydrogen) atoms. The molecule has 0 spiro atoms. The van der Waals surface area contributed by atoms with E-state index in [0.29, 0.717) is 22.8 Å². The Morgan fingerprint density at radius 2 is 1.86 bits per heavy atom. The number of H-pyrrole nitrogens is 1. The van der Waals surface area contributed by atoms with E-state index in [0.717, 1.165) is 11.3 Å². The van der Waals surface area contributed by atoms with Crippen molar-refractivity contribution in [1.29, 1.82) is 0 Å². The second kappa shape index (κ2) is 8.92. The smallest absolute Gasteiger partial charge is 0.280 e. The Hall–Kier alpha value is -3.81. The molecule has 8 heteroatoms. The van der Waals surface area contributed by atoms with E-state index in [-0.39, 0.29) is 17.9 Å². The number of aromatic amines is 1. The van der Waals surface area contributed by atoms with Crippen molar-refractivity contribution in [3.8, 4) is 17.2 Å². The number of benzene rings is 2. The summed E-state index contributed by atoms with van der Waals surface area (Å²) >= 11 is 0. The van der Waals surface area contributed by atoms with Crippen LogP contribution in [0.2, 0.25) is 0 Å². The van der Waals surface area contributed by atoms with Crippen molar-refractivity contribution in [2.45, 2.75) is 13.3 Å². The van der Waals surface area contributed by atoms with Gasteiger partial charge in [0.25, 0.3) is 5.56 Å². The Kier molecular flexibility index (Phi) is 6.13. The maximum atomic E-state index is 12.6. The number of carbonyl (C=O) groups excluding carboxylic acids is 1. The van der Waals surface area contributed by atoms with Crippen molar-refractivity contribution < 1.29 is 14.3 Å². The predicted octanol–water partition coefficient (Wildman–Crippen LogP) is 2.18. The first kappa shape index (κ1) is 19.9. The number of nitrogens with zero attached hydrogens (tertiary/aromatic N) is 2. The Balaban J connectivity index is 1.68. The minimum absolute atomic E-state index is 0.109. The number of methoxy groups -OCH3 is 2. The maximum Gasteiger partial charge on any atom is 0.280 e. The van der Waals surface area contributed by atoms with Crippen LogP contribution in [-0.4, -0.2) is 36.1 Å². The van der Waals surface area contributed by atoms with E-state index in [1.165, 1.54) is 18.0 Å². The van der Waals surface area contributed by atoms with Crippen molar-refractivity contribution in [1.82, 2.24) is 15.2 Å². The van der Waals surface area contributed by atoms with Gasteiger partial charge in [-0.2, -0.15) is 5.10 Å². The molecule has 0 saturated carbocycles. The second-order valence-electron chi connectivity index (χ2n) is 6.29. The third kappa shape index (κ3) is 4.55. The van der Waals surface area contributed by atoms with Gasteiger partial charge in [0.2, 0.25) is 5.91 Å². The van der Waals surface area contributed by atoms with Crippen molar-refractivity contribution >= 4 is 12.1 Å². The van der Waals surface area contributed by atoms with Crippen LogP contribution in [0.5, 0.6) is 11.5 Å². The van der Waals surface area contributed by atoms with Crippen molar-refractivity contribution in [2.75, 3.05) is 14.2 Å². The SMILES string of the molecule is COc1ccc(CC(=O)NN=Cc2c(C)[nH]n(-c3ccccc3)c2=O)cc1OC. The summed E-state index contributed by atoms with van der Waals surface area (Å²) in [5.74, 6) is 0.822. The quantitative estimate of drug-likeness (QED) is 0.474. The molecule has 3 rings (SSSR count). The monoisotopic (exact) mass is 394 g/mol. The van der Waals surface area contributed by atoms with Crippen LogP contribution in [0.25, 0.3) is 5.69 Å². The average molecular weight is 394 g/mol. The molecule has 2 N–H and O–H groups in total. The summed E-state index contributed by atoms with van der Waals surface area (Å²) < 4.78 is 11.9. The lowest BCUT2D eigenvalue weighted by atomic mass is 10.1. The van der Waals surface area contributed by atoms with Gasteiger partial charge >= 0.3 is 0 Å². The summed E-state index contributed by atoms with van der Waals surface area (Å²) in [5, 5.41) is 6.93. The van der Waals surface area contributed by atoms with Gasteiger partial charge in [0.05, 0.1) is 38.1 Å². The lowest BCUT2D eigenvalue weighted by Crippen LogP contribution is -2.21. The highest BCUT2D eigenvalue weighted by Gasteiger charge is 2.11.